The number of nitrogens with one attached hydrogen (secondary N) is 1. The van der Waals surface area contributed by atoms with Crippen LogP contribution >= 0.6 is 0 Å². The van der Waals surface area contributed by atoms with Gasteiger partial charge >= 0.3 is 0 Å². The van der Waals surface area contributed by atoms with Crippen molar-refractivity contribution in [2.24, 2.45) is 5.92 Å². The van der Waals surface area contributed by atoms with Gasteiger partial charge in [-0.25, -0.2) is 0 Å². The molecule has 0 heterocycles. The number of rotatable bonds is 9. The second-order valence-corrected chi connectivity index (χ2v) is 5.76. The van der Waals surface area contributed by atoms with E-state index in [2.05, 4.69) is 56.2 Å². The predicted octanol–water partition coefficient (Wildman–Crippen LogP) is 3.21. The molecular weight excluding hydrogens is 248 g/mol. The van der Waals surface area contributed by atoms with Crippen molar-refractivity contribution in [3.05, 3.63) is 29.3 Å². The minimum atomic E-state index is 0.695. The van der Waals surface area contributed by atoms with Crippen molar-refractivity contribution in [1.29, 1.82) is 0 Å². The molecule has 1 rings (SSSR count). The third-order valence-corrected chi connectivity index (χ3v) is 3.33. The van der Waals surface area contributed by atoms with E-state index in [4.69, 9.17) is 4.74 Å². The van der Waals surface area contributed by atoms with Gasteiger partial charge in [0.15, 0.2) is 0 Å². The molecule has 0 aliphatic heterocycles. The summed E-state index contributed by atoms with van der Waals surface area (Å²) in [5.74, 6) is 0.695. The molecule has 0 aliphatic carbocycles. The first kappa shape index (κ1) is 17.0. The van der Waals surface area contributed by atoms with Crippen LogP contribution in [-0.4, -0.2) is 33.4 Å². The molecule has 1 N–H and O–H groups in total. The summed E-state index contributed by atoms with van der Waals surface area (Å²) in [7, 11) is 2.12. The van der Waals surface area contributed by atoms with Crippen molar-refractivity contribution >= 4 is 5.69 Å². The maximum atomic E-state index is 5.41. The average molecular weight is 278 g/mol. The summed E-state index contributed by atoms with van der Waals surface area (Å²) < 4.78 is 5.41. The van der Waals surface area contributed by atoms with E-state index < -0.39 is 0 Å². The molecule has 0 amide bonds. The number of anilines is 1. The summed E-state index contributed by atoms with van der Waals surface area (Å²) in [5, 5.41) is 3.49. The molecule has 0 radical (unpaired) electrons. The monoisotopic (exact) mass is 278 g/mol. The fraction of sp³-hybridized carbons (Fsp3) is 0.647. The molecule has 0 aromatic heterocycles. The molecule has 0 bridgehead atoms. The third-order valence-electron chi connectivity index (χ3n) is 3.33. The van der Waals surface area contributed by atoms with Crippen molar-refractivity contribution in [2.75, 3.05) is 38.3 Å². The lowest BCUT2D eigenvalue weighted by atomic mass is 10.1. The summed E-state index contributed by atoms with van der Waals surface area (Å²) in [6.45, 7) is 13.2. The highest BCUT2D eigenvalue weighted by Crippen LogP contribution is 2.20. The van der Waals surface area contributed by atoms with Crippen molar-refractivity contribution in [2.45, 2.75) is 34.2 Å². The van der Waals surface area contributed by atoms with Crippen LogP contribution in [0.1, 0.15) is 31.9 Å². The normalized spacial score (nSPS) is 11.1. The number of hydrogen-bond donors (Lipinski definition) is 1. The minimum absolute atomic E-state index is 0.695. The largest absolute Gasteiger partial charge is 0.380 e. The maximum absolute atomic E-state index is 5.41. The van der Waals surface area contributed by atoms with Crippen molar-refractivity contribution in [3.8, 4) is 0 Å². The van der Waals surface area contributed by atoms with Crippen molar-refractivity contribution in [3.63, 3.8) is 0 Å². The van der Waals surface area contributed by atoms with Gasteiger partial charge < -0.3 is 15.0 Å². The molecule has 1 aromatic carbocycles. The van der Waals surface area contributed by atoms with Crippen molar-refractivity contribution < 1.29 is 4.74 Å². The first-order valence-corrected chi connectivity index (χ1v) is 7.63. The highest BCUT2D eigenvalue weighted by Gasteiger charge is 2.05. The highest BCUT2D eigenvalue weighted by molar-refractivity contribution is 5.53. The van der Waals surface area contributed by atoms with E-state index in [-0.39, 0.29) is 0 Å². The van der Waals surface area contributed by atoms with E-state index >= 15 is 0 Å². The molecule has 20 heavy (non-hydrogen) atoms. The predicted molar refractivity (Wildman–Crippen MR) is 87.5 cm³/mol. The molecule has 0 saturated heterocycles. The molecule has 114 valence electrons. The van der Waals surface area contributed by atoms with E-state index in [0.717, 1.165) is 32.8 Å². The van der Waals surface area contributed by atoms with Crippen LogP contribution in [0.4, 0.5) is 5.69 Å². The van der Waals surface area contributed by atoms with E-state index in [1.165, 1.54) is 16.8 Å². The Bertz CT molecular complexity index is 391. The van der Waals surface area contributed by atoms with Gasteiger partial charge in [-0.2, -0.15) is 0 Å². The van der Waals surface area contributed by atoms with Crippen LogP contribution in [0.15, 0.2) is 18.2 Å². The van der Waals surface area contributed by atoms with E-state index in [1.54, 1.807) is 0 Å². The molecule has 0 aliphatic rings. The van der Waals surface area contributed by atoms with E-state index in [1.807, 2.05) is 6.92 Å². The van der Waals surface area contributed by atoms with Gasteiger partial charge in [-0.1, -0.05) is 26.0 Å². The van der Waals surface area contributed by atoms with E-state index in [0.29, 0.717) is 5.92 Å². The van der Waals surface area contributed by atoms with Gasteiger partial charge in [0.25, 0.3) is 0 Å². The topological polar surface area (TPSA) is 24.5 Å². The maximum Gasteiger partial charge on any atom is 0.0641 e. The fourth-order valence-corrected chi connectivity index (χ4v) is 2.23. The van der Waals surface area contributed by atoms with Crippen LogP contribution in [-0.2, 0) is 11.3 Å². The molecular formula is C17H30N2O. The second kappa shape index (κ2) is 8.98. The Morgan fingerprint density at radius 2 is 2.05 bits per heavy atom. The van der Waals surface area contributed by atoms with Gasteiger partial charge in [-0.3, -0.25) is 0 Å². The van der Waals surface area contributed by atoms with Crippen molar-refractivity contribution in [1.82, 2.24) is 5.32 Å². The standard InChI is InChI=1S/C17H30N2O/c1-6-20-10-9-19(5)17-8-7-16(11-15(17)4)13-18-12-14(2)3/h7-8,11,14,18H,6,9-10,12-13H2,1-5H3. The molecule has 3 nitrogen and oxygen atoms in total. The summed E-state index contributed by atoms with van der Waals surface area (Å²) in [6.07, 6.45) is 0. The van der Waals surface area contributed by atoms with Crippen LogP contribution in [0.25, 0.3) is 0 Å². The fourth-order valence-electron chi connectivity index (χ4n) is 2.23. The molecule has 0 spiro atoms. The Hall–Kier alpha value is -1.06. The minimum Gasteiger partial charge on any atom is -0.380 e. The zero-order valence-electron chi connectivity index (χ0n) is 13.7. The quantitative estimate of drug-likeness (QED) is 0.702. The molecule has 0 saturated carbocycles. The Balaban J connectivity index is 2.54. The number of nitrogens with zero attached hydrogens (tertiary/aromatic N) is 1. The molecule has 3 heteroatoms. The van der Waals surface area contributed by atoms with Gasteiger partial charge in [0.1, 0.15) is 0 Å². The van der Waals surface area contributed by atoms with Crippen LogP contribution in [0.5, 0.6) is 0 Å². The lowest BCUT2D eigenvalue weighted by molar-refractivity contribution is 0.154. The summed E-state index contributed by atoms with van der Waals surface area (Å²) in [6, 6.07) is 6.71. The zero-order valence-corrected chi connectivity index (χ0v) is 13.7. The lowest BCUT2D eigenvalue weighted by Gasteiger charge is -2.22. The molecule has 1 aromatic rings. The first-order valence-electron chi connectivity index (χ1n) is 7.63. The summed E-state index contributed by atoms with van der Waals surface area (Å²) >= 11 is 0. The Morgan fingerprint density at radius 3 is 2.65 bits per heavy atom. The van der Waals surface area contributed by atoms with Crippen LogP contribution in [0.3, 0.4) is 0 Å². The van der Waals surface area contributed by atoms with Gasteiger partial charge in [-0.15, -0.1) is 0 Å². The summed E-state index contributed by atoms with van der Waals surface area (Å²) in [4.78, 5) is 2.26. The number of likely N-dealkylation sites (N-methyl/N-ethyl adjacent to an activating group) is 1. The molecule has 0 atom stereocenters. The SMILES string of the molecule is CCOCCN(C)c1ccc(CNCC(C)C)cc1C. The number of aryl methyl sites for hydroxylation is 1. The van der Waals surface area contributed by atoms with Crippen LogP contribution < -0.4 is 10.2 Å². The average Bonchev–Trinajstić information content (AvgIpc) is 2.38. The number of benzene rings is 1. The van der Waals surface area contributed by atoms with Crippen LogP contribution in [0.2, 0.25) is 0 Å². The second-order valence-electron chi connectivity index (χ2n) is 5.76. The first-order chi connectivity index (χ1) is 9.54. The molecule has 0 unspecified atom stereocenters. The molecule has 0 fully saturated rings. The van der Waals surface area contributed by atoms with Crippen LogP contribution in [0, 0.1) is 12.8 Å². The van der Waals surface area contributed by atoms with E-state index in [9.17, 15) is 0 Å². The Kier molecular flexibility index (Phi) is 7.63. The van der Waals surface area contributed by atoms with Gasteiger partial charge in [0.05, 0.1) is 6.61 Å². The number of hydrogen-bond acceptors (Lipinski definition) is 3. The highest BCUT2D eigenvalue weighted by atomic mass is 16.5. The summed E-state index contributed by atoms with van der Waals surface area (Å²) in [5.41, 5.74) is 3.97. The van der Waals surface area contributed by atoms with Gasteiger partial charge in [-0.05, 0) is 43.5 Å². The third kappa shape index (κ3) is 5.93. The van der Waals surface area contributed by atoms with Gasteiger partial charge in [0, 0.05) is 32.4 Å². The number of ether oxygens (including phenoxy) is 1. The lowest BCUT2D eigenvalue weighted by Crippen LogP contribution is -2.23. The Morgan fingerprint density at radius 1 is 1.30 bits per heavy atom. The zero-order chi connectivity index (χ0) is 15.0. The Labute approximate surface area is 124 Å². The smallest absolute Gasteiger partial charge is 0.0641 e. The van der Waals surface area contributed by atoms with Gasteiger partial charge in [0.2, 0.25) is 0 Å².